The van der Waals surface area contributed by atoms with Crippen LogP contribution in [0.1, 0.15) is 49.4 Å². The minimum atomic E-state index is -0.0374. The van der Waals surface area contributed by atoms with Crippen molar-refractivity contribution in [2.75, 3.05) is 0 Å². The summed E-state index contributed by atoms with van der Waals surface area (Å²) in [6, 6.07) is 3.62. The van der Waals surface area contributed by atoms with Crippen LogP contribution in [-0.4, -0.2) is 16.9 Å². The first-order valence-corrected chi connectivity index (χ1v) is 7.01. The molecule has 4 heteroatoms. The largest absolute Gasteiger partial charge is 0.349 e. The molecule has 1 saturated carbocycles. The first kappa shape index (κ1) is 13.3. The minimum Gasteiger partial charge on any atom is -0.349 e. The van der Waals surface area contributed by atoms with Crippen LogP contribution in [-0.2, 0) is 0 Å². The van der Waals surface area contributed by atoms with Gasteiger partial charge in [0.2, 0.25) is 0 Å². The van der Waals surface area contributed by atoms with Crippen LogP contribution in [0.5, 0.6) is 0 Å². The molecule has 98 valence electrons. The Kier molecular flexibility index (Phi) is 4.59. The highest BCUT2D eigenvalue weighted by Crippen LogP contribution is 2.27. The van der Waals surface area contributed by atoms with Gasteiger partial charge in [-0.2, -0.15) is 0 Å². The lowest BCUT2D eigenvalue weighted by Gasteiger charge is -2.31. The first-order chi connectivity index (χ1) is 8.70. The summed E-state index contributed by atoms with van der Waals surface area (Å²) in [5, 5.41) is 3.50. The highest BCUT2D eigenvalue weighted by atomic mass is 35.5. The van der Waals surface area contributed by atoms with Gasteiger partial charge in [0.15, 0.2) is 0 Å². The molecule has 0 bridgehead atoms. The van der Waals surface area contributed by atoms with E-state index in [1.807, 2.05) is 0 Å². The molecule has 0 aromatic carbocycles. The van der Waals surface area contributed by atoms with Crippen LogP contribution >= 0.6 is 11.6 Å². The van der Waals surface area contributed by atoms with E-state index < -0.39 is 0 Å². The van der Waals surface area contributed by atoms with Crippen molar-refractivity contribution in [3.05, 3.63) is 29.0 Å². The number of aromatic nitrogens is 1. The molecule has 1 aliphatic carbocycles. The third kappa shape index (κ3) is 3.22. The standard InChI is InChI=1S/C14H19ClN2O/c1-2-10-5-3-4-6-12(10)17-14(18)11-7-8-16-13(15)9-11/h7-10,12H,2-6H2,1H3,(H,17,18). The topological polar surface area (TPSA) is 42.0 Å². The van der Waals surface area contributed by atoms with Crippen molar-refractivity contribution in [1.82, 2.24) is 10.3 Å². The first-order valence-electron chi connectivity index (χ1n) is 6.63. The number of amides is 1. The van der Waals surface area contributed by atoms with Gasteiger partial charge >= 0.3 is 0 Å². The maximum Gasteiger partial charge on any atom is 0.251 e. The Morgan fingerprint density at radius 2 is 2.28 bits per heavy atom. The Morgan fingerprint density at radius 3 is 3.00 bits per heavy atom. The van der Waals surface area contributed by atoms with Crippen molar-refractivity contribution in [3.63, 3.8) is 0 Å². The molecule has 0 saturated heterocycles. The van der Waals surface area contributed by atoms with E-state index in [1.165, 1.54) is 19.3 Å². The third-order valence-electron chi connectivity index (χ3n) is 3.74. The summed E-state index contributed by atoms with van der Waals surface area (Å²) in [5.74, 6) is 0.574. The van der Waals surface area contributed by atoms with E-state index in [0.29, 0.717) is 22.7 Å². The van der Waals surface area contributed by atoms with Crippen LogP contribution in [0, 0.1) is 5.92 Å². The van der Waals surface area contributed by atoms with Crippen molar-refractivity contribution < 1.29 is 4.79 Å². The molecular weight excluding hydrogens is 248 g/mol. The number of carbonyl (C=O) groups excluding carboxylic acids is 1. The predicted octanol–water partition coefficient (Wildman–Crippen LogP) is 3.43. The lowest BCUT2D eigenvalue weighted by Crippen LogP contribution is -2.41. The van der Waals surface area contributed by atoms with Gasteiger partial charge < -0.3 is 5.32 Å². The van der Waals surface area contributed by atoms with Crippen molar-refractivity contribution >= 4 is 17.5 Å². The van der Waals surface area contributed by atoms with Gasteiger partial charge in [-0.15, -0.1) is 0 Å². The monoisotopic (exact) mass is 266 g/mol. The summed E-state index contributed by atoms with van der Waals surface area (Å²) in [4.78, 5) is 16.0. The number of hydrogen-bond acceptors (Lipinski definition) is 2. The Hall–Kier alpha value is -1.09. The lowest BCUT2D eigenvalue weighted by molar-refractivity contribution is 0.0904. The molecule has 1 N–H and O–H groups in total. The molecule has 1 fully saturated rings. The van der Waals surface area contributed by atoms with Gasteiger partial charge in [0.1, 0.15) is 5.15 Å². The van der Waals surface area contributed by atoms with E-state index >= 15 is 0 Å². The number of pyridine rings is 1. The van der Waals surface area contributed by atoms with E-state index in [2.05, 4.69) is 17.2 Å². The average molecular weight is 267 g/mol. The maximum atomic E-state index is 12.1. The molecule has 1 heterocycles. The van der Waals surface area contributed by atoms with E-state index in [4.69, 9.17) is 11.6 Å². The molecule has 0 spiro atoms. The molecule has 2 atom stereocenters. The molecule has 0 radical (unpaired) electrons. The fourth-order valence-corrected chi connectivity index (χ4v) is 2.86. The van der Waals surface area contributed by atoms with Crippen LogP contribution in [0.3, 0.4) is 0 Å². The highest BCUT2D eigenvalue weighted by Gasteiger charge is 2.25. The van der Waals surface area contributed by atoms with E-state index in [-0.39, 0.29) is 5.91 Å². The second-order valence-electron chi connectivity index (χ2n) is 4.90. The molecule has 2 rings (SSSR count). The smallest absolute Gasteiger partial charge is 0.251 e. The molecule has 1 amide bonds. The van der Waals surface area contributed by atoms with E-state index in [0.717, 1.165) is 12.8 Å². The Morgan fingerprint density at radius 1 is 1.50 bits per heavy atom. The van der Waals surface area contributed by atoms with Crippen LogP contribution in [0.15, 0.2) is 18.3 Å². The number of carbonyl (C=O) groups is 1. The lowest BCUT2D eigenvalue weighted by atomic mass is 9.83. The second kappa shape index (κ2) is 6.19. The fraction of sp³-hybridized carbons (Fsp3) is 0.571. The zero-order chi connectivity index (χ0) is 13.0. The van der Waals surface area contributed by atoms with E-state index in [9.17, 15) is 4.79 Å². The zero-order valence-corrected chi connectivity index (χ0v) is 11.4. The molecule has 1 aliphatic rings. The van der Waals surface area contributed by atoms with Crippen molar-refractivity contribution in [2.24, 2.45) is 5.92 Å². The highest BCUT2D eigenvalue weighted by molar-refractivity contribution is 6.29. The maximum absolute atomic E-state index is 12.1. The van der Waals surface area contributed by atoms with E-state index in [1.54, 1.807) is 18.3 Å². The summed E-state index contributed by atoms with van der Waals surface area (Å²) in [7, 11) is 0. The normalized spacial score (nSPS) is 23.7. The van der Waals surface area contributed by atoms with Crippen LogP contribution in [0.4, 0.5) is 0 Å². The van der Waals surface area contributed by atoms with Gasteiger partial charge in [0.05, 0.1) is 0 Å². The van der Waals surface area contributed by atoms with Gasteiger partial charge in [0, 0.05) is 17.8 Å². The number of nitrogens with one attached hydrogen (secondary N) is 1. The summed E-state index contributed by atoms with van der Waals surface area (Å²) >= 11 is 5.80. The summed E-state index contributed by atoms with van der Waals surface area (Å²) in [6.45, 7) is 2.19. The van der Waals surface area contributed by atoms with Gasteiger partial charge in [-0.25, -0.2) is 4.98 Å². The second-order valence-corrected chi connectivity index (χ2v) is 5.29. The quantitative estimate of drug-likeness (QED) is 0.852. The van der Waals surface area contributed by atoms with Crippen LogP contribution < -0.4 is 5.32 Å². The van der Waals surface area contributed by atoms with Gasteiger partial charge in [-0.1, -0.05) is 37.8 Å². The molecule has 1 aromatic rings. The van der Waals surface area contributed by atoms with Crippen molar-refractivity contribution in [3.8, 4) is 0 Å². The molecule has 1 aromatic heterocycles. The zero-order valence-electron chi connectivity index (χ0n) is 10.7. The number of hydrogen-bond donors (Lipinski definition) is 1. The molecule has 0 aliphatic heterocycles. The fourth-order valence-electron chi connectivity index (χ4n) is 2.68. The van der Waals surface area contributed by atoms with Gasteiger partial charge in [-0.05, 0) is 30.9 Å². The van der Waals surface area contributed by atoms with Crippen LogP contribution in [0.2, 0.25) is 5.15 Å². The van der Waals surface area contributed by atoms with Crippen molar-refractivity contribution in [2.45, 2.75) is 45.1 Å². The summed E-state index contributed by atoms with van der Waals surface area (Å²) in [6.07, 6.45) is 7.49. The van der Waals surface area contributed by atoms with Gasteiger partial charge in [0.25, 0.3) is 5.91 Å². The molecule has 2 unspecified atom stereocenters. The Labute approximate surface area is 113 Å². The SMILES string of the molecule is CCC1CCCCC1NC(=O)c1ccnc(Cl)c1. The predicted molar refractivity (Wildman–Crippen MR) is 72.8 cm³/mol. The average Bonchev–Trinajstić information content (AvgIpc) is 2.39. The van der Waals surface area contributed by atoms with Gasteiger partial charge in [-0.3, -0.25) is 4.79 Å². The molecule has 18 heavy (non-hydrogen) atoms. The number of halogens is 1. The third-order valence-corrected chi connectivity index (χ3v) is 3.95. The summed E-state index contributed by atoms with van der Waals surface area (Å²) < 4.78 is 0. The van der Waals surface area contributed by atoms with Crippen molar-refractivity contribution in [1.29, 1.82) is 0 Å². The Balaban J connectivity index is 2.02. The number of rotatable bonds is 3. The Bertz CT molecular complexity index is 422. The summed E-state index contributed by atoms with van der Waals surface area (Å²) in [5.41, 5.74) is 0.593. The number of nitrogens with zero attached hydrogens (tertiary/aromatic N) is 1. The molecule has 3 nitrogen and oxygen atoms in total. The minimum absolute atomic E-state index is 0.0374. The molecular formula is C14H19ClN2O. The van der Waals surface area contributed by atoms with Crippen LogP contribution in [0.25, 0.3) is 0 Å².